The second-order valence-corrected chi connectivity index (χ2v) is 9.51. The van der Waals surface area contributed by atoms with Crippen molar-refractivity contribution < 1.29 is 19.1 Å². The number of phenols is 1. The lowest BCUT2D eigenvalue weighted by molar-refractivity contribution is -0.116. The Morgan fingerprint density at radius 2 is 1.83 bits per heavy atom. The Labute approximate surface area is 204 Å². The van der Waals surface area contributed by atoms with Crippen molar-refractivity contribution in [3.05, 3.63) is 65.6 Å². The second kappa shape index (κ2) is 10.7. The zero-order valence-corrected chi connectivity index (χ0v) is 20.1. The average Bonchev–Trinajstić information content (AvgIpc) is 3.48. The van der Waals surface area contributed by atoms with E-state index < -0.39 is 0 Å². The third-order valence-corrected chi connectivity index (χ3v) is 6.21. The van der Waals surface area contributed by atoms with Gasteiger partial charge >= 0.3 is 6.03 Å². The van der Waals surface area contributed by atoms with Gasteiger partial charge in [0.2, 0.25) is 5.91 Å². The number of hydrogen-bond acceptors (Lipinski definition) is 4. The van der Waals surface area contributed by atoms with Gasteiger partial charge in [0, 0.05) is 36.2 Å². The summed E-state index contributed by atoms with van der Waals surface area (Å²) in [6.45, 7) is 4.18. The Kier molecular flexibility index (Phi) is 7.48. The second-order valence-electron chi connectivity index (χ2n) is 9.51. The number of nitrogens with zero attached hydrogens (tertiary/aromatic N) is 2. The maximum absolute atomic E-state index is 13.2. The molecule has 0 atom stereocenters. The van der Waals surface area contributed by atoms with Crippen LogP contribution in [0.3, 0.4) is 0 Å². The predicted octanol–water partition coefficient (Wildman–Crippen LogP) is 5.79. The van der Waals surface area contributed by atoms with Gasteiger partial charge in [-0.25, -0.2) is 9.18 Å². The number of nitrogens with one attached hydrogen (secondary N) is 2. The van der Waals surface area contributed by atoms with Crippen LogP contribution in [0.4, 0.5) is 14.9 Å². The van der Waals surface area contributed by atoms with E-state index >= 15 is 0 Å². The molecule has 0 unspecified atom stereocenters. The molecule has 8 heteroatoms. The summed E-state index contributed by atoms with van der Waals surface area (Å²) in [7, 11) is 0. The standard InChI is InChI=1S/C27H31FN4O3/c1-17(2)13-26(34)30-21-11-12-22(25(33)14-21)23-15-24(19-5-3-4-6-19)32(31-23)27(35)29-16-18-7-9-20(28)10-8-18/h7-12,14-15,17,19,33H,3-6,13,16H2,1-2H3,(H,29,35)(H,30,34). The Hall–Kier alpha value is -3.68. The number of aromatic hydroxyl groups is 1. The highest BCUT2D eigenvalue weighted by Crippen LogP contribution is 2.38. The van der Waals surface area contributed by atoms with E-state index in [0.29, 0.717) is 23.4 Å². The van der Waals surface area contributed by atoms with Crippen molar-refractivity contribution in [2.24, 2.45) is 5.92 Å². The van der Waals surface area contributed by atoms with Crippen LogP contribution in [0.5, 0.6) is 5.75 Å². The average molecular weight is 479 g/mol. The maximum atomic E-state index is 13.2. The minimum Gasteiger partial charge on any atom is -0.507 e. The normalized spacial score (nSPS) is 13.8. The Bertz CT molecular complexity index is 1200. The van der Waals surface area contributed by atoms with Crippen LogP contribution in [-0.2, 0) is 11.3 Å². The monoisotopic (exact) mass is 478 g/mol. The number of hydrogen-bond donors (Lipinski definition) is 3. The first-order valence-corrected chi connectivity index (χ1v) is 12.1. The Morgan fingerprint density at radius 1 is 1.11 bits per heavy atom. The molecule has 0 bridgehead atoms. The molecule has 2 aromatic carbocycles. The summed E-state index contributed by atoms with van der Waals surface area (Å²) < 4.78 is 14.5. The van der Waals surface area contributed by atoms with Crippen LogP contribution < -0.4 is 10.6 Å². The summed E-state index contributed by atoms with van der Waals surface area (Å²) in [5, 5.41) is 20.9. The summed E-state index contributed by atoms with van der Waals surface area (Å²) >= 11 is 0. The van der Waals surface area contributed by atoms with Gasteiger partial charge in [-0.2, -0.15) is 9.78 Å². The van der Waals surface area contributed by atoms with E-state index in [4.69, 9.17) is 0 Å². The first-order valence-electron chi connectivity index (χ1n) is 12.1. The van der Waals surface area contributed by atoms with Gasteiger partial charge in [-0.1, -0.05) is 38.8 Å². The summed E-state index contributed by atoms with van der Waals surface area (Å²) in [5.74, 6) is -0.0234. The molecule has 0 aliphatic heterocycles. The van der Waals surface area contributed by atoms with Crippen molar-refractivity contribution in [3.63, 3.8) is 0 Å². The number of carbonyl (C=O) groups is 2. The molecule has 1 aliphatic carbocycles. The number of amides is 2. The third-order valence-electron chi connectivity index (χ3n) is 6.21. The number of rotatable bonds is 7. The quantitative estimate of drug-likeness (QED) is 0.400. The Morgan fingerprint density at radius 3 is 2.49 bits per heavy atom. The molecule has 1 heterocycles. The highest BCUT2D eigenvalue weighted by Gasteiger charge is 2.26. The van der Waals surface area contributed by atoms with Crippen molar-refractivity contribution in [2.45, 2.75) is 58.4 Å². The van der Waals surface area contributed by atoms with E-state index in [2.05, 4.69) is 15.7 Å². The lowest BCUT2D eigenvalue weighted by Gasteiger charge is -2.12. The molecule has 1 aromatic heterocycles. The van der Waals surface area contributed by atoms with E-state index in [-0.39, 0.29) is 41.9 Å². The van der Waals surface area contributed by atoms with E-state index in [0.717, 1.165) is 36.9 Å². The molecule has 35 heavy (non-hydrogen) atoms. The van der Waals surface area contributed by atoms with E-state index in [1.54, 1.807) is 24.3 Å². The van der Waals surface area contributed by atoms with E-state index in [9.17, 15) is 19.1 Å². The number of phenolic OH excluding ortho intramolecular Hbond substituents is 1. The van der Waals surface area contributed by atoms with Crippen LogP contribution in [0.1, 0.15) is 63.1 Å². The predicted molar refractivity (Wildman–Crippen MR) is 133 cm³/mol. The summed E-state index contributed by atoms with van der Waals surface area (Å²) in [6, 6.07) is 12.4. The van der Waals surface area contributed by atoms with Gasteiger partial charge in [0.05, 0.1) is 11.4 Å². The first-order chi connectivity index (χ1) is 16.8. The first kappa shape index (κ1) is 24.4. The summed E-state index contributed by atoms with van der Waals surface area (Å²) in [5.41, 5.74) is 3.06. The molecule has 1 aliphatic rings. The molecule has 0 saturated heterocycles. The van der Waals surface area contributed by atoms with Crippen LogP contribution >= 0.6 is 0 Å². The minimum atomic E-state index is -0.375. The molecule has 1 saturated carbocycles. The maximum Gasteiger partial charge on any atom is 0.342 e. The lowest BCUT2D eigenvalue weighted by atomic mass is 10.0. The summed E-state index contributed by atoms with van der Waals surface area (Å²) in [4.78, 5) is 25.1. The zero-order chi connectivity index (χ0) is 24.9. The highest BCUT2D eigenvalue weighted by molar-refractivity contribution is 5.91. The van der Waals surface area contributed by atoms with Crippen molar-refractivity contribution in [2.75, 3.05) is 5.32 Å². The van der Waals surface area contributed by atoms with Gasteiger partial charge in [0.15, 0.2) is 0 Å². The number of carbonyl (C=O) groups excluding carboxylic acids is 2. The van der Waals surface area contributed by atoms with Crippen LogP contribution in [0.25, 0.3) is 11.3 Å². The molecule has 184 valence electrons. The molecular weight excluding hydrogens is 447 g/mol. The fourth-order valence-electron chi connectivity index (χ4n) is 4.47. The van der Waals surface area contributed by atoms with E-state index in [1.165, 1.54) is 22.9 Å². The van der Waals surface area contributed by atoms with Crippen molar-refractivity contribution in [1.82, 2.24) is 15.1 Å². The van der Waals surface area contributed by atoms with Gasteiger partial charge in [-0.15, -0.1) is 0 Å². The topological polar surface area (TPSA) is 96.3 Å². The van der Waals surface area contributed by atoms with Gasteiger partial charge in [0.25, 0.3) is 0 Å². The SMILES string of the molecule is CC(C)CC(=O)Nc1ccc(-c2cc(C3CCCC3)n(C(=O)NCc3ccc(F)cc3)n2)c(O)c1. The lowest BCUT2D eigenvalue weighted by Crippen LogP contribution is -2.30. The third kappa shape index (κ3) is 6.07. The minimum absolute atomic E-state index is 0.0262. The van der Waals surface area contributed by atoms with E-state index in [1.807, 2.05) is 19.9 Å². The molecule has 2 amide bonds. The van der Waals surface area contributed by atoms with Crippen LogP contribution in [0.2, 0.25) is 0 Å². The molecule has 3 aromatic rings. The summed E-state index contributed by atoms with van der Waals surface area (Å²) in [6.07, 6.45) is 4.54. The van der Waals surface area contributed by atoms with Gasteiger partial charge in [0.1, 0.15) is 11.6 Å². The van der Waals surface area contributed by atoms with Crippen molar-refractivity contribution in [1.29, 1.82) is 0 Å². The zero-order valence-electron chi connectivity index (χ0n) is 20.1. The number of benzene rings is 2. The molecule has 3 N–H and O–H groups in total. The fraction of sp³-hybridized carbons (Fsp3) is 0.370. The largest absolute Gasteiger partial charge is 0.507 e. The highest BCUT2D eigenvalue weighted by atomic mass is 19.1. The molecule has 4 rings (SSSR count). The van der Waals surface area contributed by atoms with Crippen molar-refractivity contribution >= 4 is 17.6 Å². The van der Waals surface area contributed by atoms with Crippen molar-refractivity contribution in [3.8, 4) is 17.0 Å². The van der Waals surface area contributed by atoms with Crippen LogP contribution in [-0.4, -0.2) is 26.8 Å². The molecular formula is C27H31FN4O3. The van der Waals surface area contributed by atoms with Gasteiger partial charge in [-0.05, 0) is 54.7 Å². The fourth-order valence-corrected chi connectivity index (χ4v) is 4.47. The number of halogens is 1. The van der Waals surface area contributed by atoms with Gasteiger partial charge in [-0.3, -0.25) is 4.79 Å². The molecule has 1 fully saturated rings. The smallest absolute Gasteiger partial charge is 0.342 e. The molecule has 0 spiro atoms. The number of aromatic nitrogens is 2. The Balaban J connectivity index is 1.56. The molecule has 7 nitrogen and oxygen atoms in total. The van der Waals surface area contributed by atoms with Crippen LogP contribution in [0.15, 0.2) is 48.5 Å². The number of anilines is 1. The molecule has 0 radical (unpaired) electrons. The van der Waals surface area contributed by atoms with Crippen LogP contribution in [0, 0.1) is 11.7 Å². The van der Waals surface area contributed by atoms with Gasteiger partial charge < -0.3 is 15.7 Å².